The van der Waals surface area contributed by atoms with Gasteiger partial charge in [0, 0.05) is 32.8 Å². The molecule has 1 aromatic rings. The summed E-state index contributed by atoms with van der Waals surface area (Å²) in [6.45, 7) is 4.84. The molecule has 0 bridgehead atoms. The predicted octanol–water partition coefficient (Wildman–Crippen LogP) is 1.01. The maximum atomic E-state index is 14.3. The molecule has 0 spiro atoms. The van der Waals surface area contributed by atoms with Crippen LogP contribution in [0.15, 0.2) is 6.33 Å². The molecule has 1 atom stereocenters. The average molecular weight is 308 g/mol. The summed E-state index contributed by atoms with van der Waals surface area (Å²) in [5.41, 5.74) is 0.433. The van der Waals surface area contributed by atoms with Crippen LogP contribution in [0, 0.1) is 5.82 Å². The van der Waals surface area contributed by atoms with Gasteiger partial charge in [-0.3, -0.25) is 4.79 Å². The van der Waals surface area contributed by atoms with Crippen molar-refractivity contribution in [1.29, 1.82) is 0 Å². The van der Waals surface area contributed by atoms with E-state index >= 15 is 0 Å². The third kappa shape index (κ3) is 2.90. The number of carbonyl (C=O) groups excluding carboxylic acids is 1. The van der Waals surface area contributed by atoms with Crippen molar-refractivity contribution in [2.24, 2.45) is 0 Å². The summed E-state index contributed by atoms with van der Waals surface area (Å²) in [6.07, 6.45) is 3.41. The third-order valence-electron chi connectivity index (χ3n) is 4.27. The number of anilines is 1. The molecule has 0 saturated carbocycles. The van der Waals surface area contributed by atoms with Gasteiger partial charge in [-0.25, -0.2) is 14.4 Å². The lowest BCUT2D eigenvalue weighted by atomic mass is 10.2. The van der Waals surface area contributed by atoms with Crippen molar-refractivity contribution < 1.29 is 13.9 Å². The van der Waals surface area contributed by atoms with Gasteiger partial charge in [0.05, 0.1) is 5.69 Å². The van der Waals surface area contributed by atoms with E-state index in [0.29, 0.717) is 50.7 Å². The largest absolute Gasteiger partial charge is 0.368 e. The summed E-state index contributed by atoms with van der Waals surface area (Å²) in [4.78, 5) is 24.0. The number of rotatable bonds is 3. The molecule has 2 fully saturated rings. The summed E-state index contributed by atoms with van der Waals surface area (Å²) in [7, 11) is 0. The number of amides is 1. The molecular formula is C15H21FN4O2. The molecule has 3 rings (SSSR count). The normalized spacial score (nSPS) is 22.2. The summed E-state index contributed by atoms with van der Waals surface area (Å²) in [5.74, 6) is 0.0644. The lowest BCUT2D eigenvalue weighted by Gasteiger charge is -2.36. The van der Waals surface area contributed by atoms with Gasteiger partial charge in [0.1, 0.15) is 12.4 Å². The van der Waals surface area contributed by atoms with Crippen molar-refractivity contribution in [3.05, 3.63) is 17.8 Å². The molecule has 2 aliphatic rings. The van der Waals surface area contributed by atoms with E-state index in [0.717, 1.165) is 12.8 Å². The molecule has 1 amide bonds. The fourth-order valence-electron chi connectivity index (χ4n) is 2.98. The Hall–Kier alpha value is -1.76. The number of carbonyl (C=O) groups is 1. The topological polar surface area (TPSA) is 58.6 Å². The Morgan fingerprint density at radius 2 is 2.14 bits per heavy atom. The summed E-state index contributed by atoms with van der Waals surface area (Å²) >= 11 is 0. The number of halogens is 1. The van der Waals surface area contributed by atoms with Crippen molar-refractivity contribution in [1.82, 2.24) is 14.9 Å². The first-order valence-corrected chi connectivity index (χ1v) is 7.85. The van der Waals surface area contributed by atoms with E-state index in [9.17, 15) is 9.18 Å². The van der Waals surface area contributed by atoms with Crippen molar-refractivity contribution >= 4 is 11.7 Å². The van der Waals surface area contributed by atoms with E-state index in [1.165, 1.54) is 6.33 Å². The van der Waals surface area contributed by atoms with Crippen molar-refractivity contribution in [3.8, 4) is 0 Å². The molecule has 0 aromatic carbocycles. The first-order chi connectivity index (χ1) is 10.7. The van der Waals surface area contributed by atoms with Crippen LogP contribution in [0.4, 0.5) is 10.2 Å². The minimum Gasteiger partial charge on any atom is -0.368 e. The molecule has 2 aliphatic heterocycles. The molecule has 0 radical (unpaired) electrons. The van der Waals surface area contributed by atoms with Crippen molar-refractivity contribution in [2.45, 2.75) is 32.3 Å². The van der Waals surface area contributed by atoms with Crippen molar-refractivity contribution in [2.75, 3.05) is 37.7 Å². The van der Waals surface area contributed by atoms with E-state index in [2.05, 4.69) is 9.97 Å². The van der Waals surface area contributed by atoms with Crippen LogP contribution in [-0.4, -0.2) is 59.7 Å². The minimum atomic E-state index is -0.344. The number of aryl methyl sites for hydroxylation is 1. The van der Waals surface area contributed by atoms with E-state index in [-0.39, 0.29) is 17.8 Å². The number of hydrogen-bond donors (Lipinski definition) is 0. The highest BCUT2D eigenvalue weighted by Crippen LogP contribution is 2.21. The van der Waals surface area contributed by atoms with E-state index in [4.69, 9.17) is 4.74 Å². The number of ether oxygens (including phenoxy) is 1. The molecule has 2 saturated heterocycles. The second kappa shape index (κ2) is 6.56. The Kier molecular flexibility index (Phi) is 4.52. The predicted molar refractivity (Wildman–Crippen MR) is 79.1 cm³/mol. The number of hydrogen-bond acceptors (Lipinski definition) is 5. The number of nitrogens with zero attached hydrogens (tertiary/aromatic N) is 4. The lowest BCUT2D eigenvalue weighted by molar-refractivity contribution is -0.141. The van der Waals surface area contributed by atoms with E-state index < -0.39 is 0 Å². The van der Waals surface area contributed by atoms with Gasteiger partial charge in [-0.2, -0.15) is 0 Å². The maximum absolute atomic E-state index is 14.3. The Balaban J connectivity index is 1.63. The third-order valence-corrected chi connectivity index (χ3v) is 4.27. The van der Waals surface area contributed by atoms with Gasteiger partial charge in [0.2, 0.25) is 0 Å². The molecule has 120 valence electrons. The highest BCUT2D eigenvalue weighted by atomic mass is 19.1. The highest BCUT2D eigenvalue weighted by Gasteiger charge is 2.31. The SMILES string of the molecule is CCc1ncnc(N2CCN(C(=O)C3CCCO3)CC2)c1F. The second-order valence-corrected chi connectivity index (χ2v) is 5.63. The molecular weight excluding hydrogens is 287 g/mol. The van der Waals surface area contributed by atoms with Crippen LogP contribution in [0.3, 0.4) is 0 Å². The summed E-state index contributed by atoms with van der Waals surface area (Å²) < 4.78 is 19.7. The first-order valence-electron chi connectivity index (χ1n) is 7.85. The van der Waals surface area contributed by atoms with E-state index in [1.54, 1.807) is 0 Å². The Bertz CT molecular complexity index is 540. The van der Waals surface area contributed by atoms with Gasteiger partial charge in [0.25, 0.3) is 5.91 Å². The fraction of sp³-hybridized carbons (Fsp3) is 0.667. The van der Waals surface area contributed by atoms with Gasteiger partial charge in [-0.15, -0.1) is 0 Å². The smallest absolute Gasteiger partial charge is 0.251 e. The van der Waals surface area contributed by atoms with Crippen LogP contribution >= 0.6 is 0 Å². The fourth-order valence-corrected chi connectivity index (χ4v) is 2.98. The lowest BCUT2D eigenvalue weighted by Crippen LogP contribution is -2.51. The van der Waals surface area contributed by atoms with Crippen LogP contribution in [0.2, 0.25) is 0 Å². The van der Waals surface area contributed by atoms with Crippen LogP contribution < -0.4 is 4.90 Å². The number of piperazine rings is 1. The van der Waals surface area contributed by atoms with Crippen LogP contribution in [-0.2, 0) is 16.0 Å². The minimum absolute atomic E-state index is 0.0644. The van der Waals surface area contributed by atoms with Crippen LogP contribution in [0.25, 0.3) is 0 Å². The molecule has 3 heterocycles. The Morgan fingerprint density at radius 1 is 1.36 bits per heavy atom. The molecule has 0 N–H and O–H groups in total. The van der Waals surface area contributed by atoms with Gasteiger partial charge in [-0.05, 0) is 19.3 Å². The first kappa shape index (κ1) is 15.1. The molecule has 7 heteroatoms. The van der Waals surface area contributed by atoms with Gasteiger partial charge in [-0.1, -0.05) is 6.92 Å². The highest BCUT2D eigenvalue weighted by molar-refractivity contribution is 5.81. The standard InChI is InChI=1S/C15H21FN4O2/c1-2-11-13(16)14(18-10-17-11)19-5-7-20(8-6-19)15(21)12-4-3-9-22-12/h10,12H,2-9H2,1H3. The molecule has 6 nitrogen and oxygen atoms in total. The monoisotopic (exact) mass is 308 g/mol. The van der Waals surface area contributed by atoms with Gasteiger partial charge >= 0.3 is 0 Å². The average Bonchev–Trinajstić information content (AvgIpc) is 3.09. The summed E-state index contributed by atoms with van der Waals surface area (Å²) in [5, 5.41) is 0. The zero-order valence-electron chi connectivity index (χ0n) is 12.8. The van der Waals surface area contributed by atoms with Gasteiger partial charge < -0.3 is 14.5 Å². The Labute approximate surface area is 129 Å². The van der Waals surface area contributed by atoms with Crippen LogP contribution in [0.1, 0.15) is 25.5 Å². The van der Waals surface area contributed by atoms with Crippen LogP contribution in [0.5, 0.6) is 0 Å². The summed E-state index contributed by atoms with van der Waals surface area (Å²) in [6, 6.07) is 0. The quantitative estimate of drug-likeness (QED) is 0.834. The zero-order valence-corrected chi connectivity index (χ0v) is 12.8. The maximum Gasteiger partial charge on any atom is 0.251 e. The second-order valence-electron chi connectivity index (χ2n) is 5.63. The zero-order chi connectivity index (χ0) is 15.5. The molecule has 22 heavy (non-hydrogen) atoms. The molecule has 1 unspecified atom stereocenters. The van der Waals surface area contributed by atoms with Gasteiger partial charge in [0.15, 0.2) is 11.6 Å². The Morgan fingerprint density at radius 3 is 2.77 bits per heavy atom. The van der Waals surface area contributed by atoms with Crippen molar-refractivity contribution in [3.63, 3.8) is 0 Å². The van der Waals surface area contributed by atoms with E-state index in [1.807, 2.05) is 16.7 Å². The number of aromatic nitrogens is 2. The molecule has 1 aromatic heterocycles. The molecule has 0 aliphatic carbocycles.